The molecule has 9 nitrogen and oxygen atoms in total. The van der Waals surface area contributed by atoms with E-state index in [0.29, 0.717) is 42.5 Å². The summed E-state index contributed by atoms with van der Waals surface area (Å²) in [5.41, 5.74) is 13.2. The van der Waals surface area contributed by atoms with Crippen molar-refractivity contribution >= 4 is 46.5 Å². The average molecular weight is 576 g/mol. The van der Waals surface area contributed by atoms with Crippen LogP contribution < -0.4 is 10.3 Å². The fourth-order valence-corrected chi connectivity index (χ4v) is 5.09. The van der Waals surface area contributed by atoms with Crippen LogP contribution in [0, 0.1) is 13.8 Å². The van der Waals surface area contributed by atoms with Crippen molar-refractivity contribution in [3.05, 3.63) is 107 Å². The van der Waals surface area contributed by atoms with Crippen molar-refractivity contribution in [2.75, 3.05) is 38.8 Å². The smallest absolute Gasteiger partial charge is 0.255 e. The van der Waals surface area contributed by atoms with E-state index < -0.39 is 0 Å². The summed E-state index contributed by atoms with van der Waals surface area (Å²) in [7, 11) is 3.52. The van der Waals surface area contributed by atoms with Gasteiger partial charge in [-0.2, -0.15) is 0 Å². The number of hydrogen-bond donors (Lipinski definition) is 1. The maximum Gasteiger partial charge on any atom is 0.255 e. The molecular formula is C34H37N7O2. The molecule has 0 bridgehead atoms. The van der Waals surface area contributed by atoms with Crippen LogP contribution in [0.2, 0.25) is 0 Å². The Morgan fingerprint density at radius 1 is 1.09 bits per heavy atom. The number of hydrogen-bond acceptors (Lipinski definition) is 8. The van der Waals surface area contributed by atoms with E-state index in [1.54, 1.807) is 30.3 Å². The van der Waals surface area contributed by atoms with E-state index in [9.17, 15) is 4.79 Å². The number of hydrazine groups is 1. The second-order valence-corrected chi connectivity index (χ2v) is 10.5. The van der Waals surface area contributed by atoms with Gasteiger partial charge in [0.25, 0.3) is 5.91 Å². The van der Waals surface area contributed by atoms with Crippen LogP contribution in [-0.2, 0) is 4.74 Å². The van der Waals surface area contributed by atoms with Crippen LogP contribution in [-0.4, -0.2) is 66.7 Å². The summed E-state index contributed by atoms with van der Waals surface area (Å²) in [6.07, 6.45) is 5.36. The van der Waals surface area contributed by atoms with Crippen LogP contribution in [0.5, 0.6) is 0 Å². The molecule has 0 atom stereocenters. The molecule has 2 aromatic carbocycles. The highest BCUT2D eigenvalue weighted by atomic mass is 16.5. The lowest BCUT2D eigenvalue weighted by Gasteiger charge is -2.32. The molecule has 0 radical (unpaired) electrons. The number of benzene rings is 2. The minimum absolute atomic E-state index is 0.0881. The second kappa shape index (κ2) is 12.5. The number of fused-ring (bicyclic) bond motifs is 1. The summed E-state index contributed by atoms with van der Waals surface area (Å²) in [5, 5.41) is 1.84. The van der Waals surface area contributed by atoms with Crippen molar-refractivity contribution in [3.8, 4) is 0 Å². The maximum atomic E-state index is 12.9. The minimum atomic E-state index is -0.0881. The van der Waals surface area contributed by atoms with Crippen molar-refractivity contribution in [1.82, 2.24) is 20.3 Å². The molecule has 2 aliphatic heterocycles. The quantitative estimate of drug-likeness (QED) is 0.353. The van der Waals surface area contributed by atoms with Gasteiger partial charge in [-0.1, -0.05) is 37.4 Å². The van der Waals surface area contributed by atoms with Gasteiger partial charge in [0.2, 0.25) is 0 Å². The van der Waals surface area contributed by atoms with Crippen LogP contribution >= 0.6 is 0 Å². The standard InChI is InChI=1S/C34H37N7O2/c1-8-40(16-17-43-7)34(42)26-13-15-33(35-20-26)37-29-19-31(38-39(6)25(29)5)27-10-9-11-32(23(27)3)41-21-36-30-18-22(2)12-14-28(30)24(41)4/h9-15,18-21,38H,4-5,8,16-17H2,1-3,6-7H3. The first kappa shape index (κ1) is 29.5. The number of aryl methyl sites for hydroxylation is 1. The molecule has 3 heterocycles. The molecule has 0 saturated carbocycles. The number of carbonyl (C=O) groups excluding carboxylic acids is 1. The number of nitrogens with zero attached hydrogens (tertiary/aromatic N) is 6. The Bertz CT molecular complexity index is 1670. The summed E-state index contributed by atoms with van der Waals surface area (Å²) in [6.45, 7) is 16.3. The molecule has 43 heavy (non-hydrogen) atoms. The number of rotatable bonds is 8. The van der Waals surface area contributed by atoms with Gasteiger partial charge in [-0.15, -0.1) is 0 Å². The number of allylic oxidation sites excluding steroid dienone is 1. The Kier molecular flexibility index (Phi) is 8.54. The summed E-state index contributed by atoms with van der Waals surface area (Å²) in [4.78, 5) is 30.6. The Labute approximate surface area is 253 Å². The fourth-order valence-electron chi connectivity index (χ4n) is 5.09. The van der Waals surface area contributed by atoms with E-state index in [1.807, 2.05) is 42.4 Å². The summed E-state index contributed by atoms with van der Waals surface area (Å²) >= 11 is 0. The number of aliphatic imine (C=N–C) groups is 2. The molecule has 0 fully saturated rings. The third kappa shape index (κ3) is 5.98. The Morgan fingerprint density at radius 2 is 1.91 bits per heavy atom. The lowest BCUT2D eigenvalue weighted by atomic mass is 9.99. The van der Waals surface area contributed by atoms with Gasteiger partial charge in [0.15, 0.2) is 5.82 Å². The van der Waals surface area contributed by atoms with Gasteiger partial charge in [0.05, 0.1) is 40.7 Å². The number of ether oxygens (including phenoxy) is 1. The molecule has 1 aromatic heterocycles. The molecule has 0 unspecified atom stereocenters. The topological polar surface area (TPSA) is 85.7 Å². The Hall–Kier alpha value is -5.02. The number of methoxy groups -OCH3 is 1. The van der Waals surface area contributed by atoms with E-state index in [-0.39, 0.29) is 5.91 Å². The summed E-state index contributed by atoms with van der Waals surface area (Å²) < 4.78 is 5.13. The van der Waals surface area contributed by atoms with Crippen molar-refractivity contribution in [1.29, 1.82) is 0 Å². The zero-order valence-electron chi connectivity index (χ0n) is 25.4. The van der Waals surface area contributed by atoms with Gasteiger partial charge in [0.1, 0.15) is 6.34 Å². The molecule has 220 valence electrons. The number of aromatic nitrogens is 1. The predicted molar refractivity (Wildman–Crippen MR) is 175 cm³/mol. The highest BCUT2D eigenvalue weighted by molar-refractivity contribution is 6.13. The minimum Gasteiger partial charge on any atom is -0.383 e. The molecule has 0 saturated heterocycles. The van der Waals surface area contributed by atoms with E-state index in [0.717, 1.165) is 45.0 Å². The van der Waals surface area contributed by atoms with Crippen molar-refractivity contribution in [2.24, 2.45) is 9.98 Å². The van der Waals surface area contributed by atoms with Crippen LogP contribution in [0.4, 0.5) is 17.2 Å². The monoisotopic (exact) mass is 575 g/mol. The van der Waals surface area contributed by atoms with Gasteiger partial charge in [0, 0.05) is 50.3 Å². The third-order valence-corrected chi connectivity index (χ3v) is 7.66. The first-order valence-corrected chi connectivity index (χ1v) is 14.2. The number of amides is 1. The van der Waals surface area contributed by atoms with Crippen LogP contribution in [0.1, 0.15) is 39.5 Å². The molecular weight excluding hydrogens is 538 g/mol. The molecule has 1 N–H and O–H groups in total. The largest absolute Gasteiger partial charge is 0.383 e. The van der Waals surface area contributed by atoms with Gasteiger partial charge in [-0.25, -0.2) is 15.0 Å². The highest BCUT2D eigenvalue weighted by Gasteiger charge is 2.24. The zero-order chi connectivity index (χ0) is 30.7. The molecule has 2 aliphatic rings. The van der Waals surface area contributed by atoms with E-state index >= 15 is 0 Å². The summed E-state index contributed by atoms with van der Waals surface area (Å²) in [6, 6.07) is 15.9. The van der Waals surface area contributed by atoms with Crippen LogP contribution in [0.25, 0.3) is 11.4 Å². The highest BCUT2D eigenvalue weighted by Crippen LogP contribution is 2.37. The third-order valence-electron chi connectivity index (χ3n) is 7.66. The number of pyridine rings is 1. The normalized spacial score (nSPS) is 15.4. The SMILES string of the molecule is C=C1C(=Nc2ccc(C(=O)N(CC)CCOC)cn2)C=C(c2cccc(N3C=Nc4cc(C)ccc4C3=C)c2C)NN1C. The molecule has 3 aromatic rings. The van der Waals surface area contributed by atoms with Gasteiger partial charge >= 0.3 is 0 Å². The Morgan fingerprint density at radius 3 is 2.63 bits per heavy atom. The first-order chi connectivity index (χ1) is 20.7. The molecule has 0 spiro atoms. The van der Waals surface area contributed by atoms with Crippen molar-refractivity contribution < 1.29 is 9.53 Å². The van der Waals surface area contributed by atoms with E-state index in [2.05, 4.69) is 67.7 Å². The number of nitrogens with one attached hydrogen (secondary N) is 1. The van der Waals surface area contributed by atoms with Crippen LogP contribution in [0.15, 0.2) is 89.6 Å². The Balaban J connectivity index is 1.43. The summed E-state index contributed by atoms with van der Waals surface area (Å²) in [5.74, 6) is 0.397. The van der Waals surface area contributed by atoms with E-state index in [1.165, 1.54) is 0 Å². The molecule has 9 heteroatoms. The van der Waals surface area contributed by atoms with Crippen LogP contribution in [0.3, 0.4) is 0 Å². The second-order valence-electron chi connectivity index (χ2n) is 10.5. The number of anilines is 1. The molecule has 1 amide bonds. The lowest BCUT2D eigenvalue weighted by Crippen LogP contribution is -2.38. The number of carbonyl (C=O) groups is 1. The van der Waals surface area contributed by atoms with Gasteiger partial charge < -0.3 is 14.5 Å². The first-order valence-electron chi connectivity index (χ1n) is 14.2. The maximum absolute atomic E-state index is 12.9. The van der Waals surface area contributed by atoms with Gasteiger partial charge in [-0.05, 0) is 62.2 Å². The molecule has 0 aliphatic carbocycles. The fraction of sp³-hybridized carbons (Fsp3) is 0.235. The average Bonchev–Trinajstić information content (AvgIpc) is 3.00. The zero-order valence-corrected chi connectivity index (χ0v) is 25.4. The molecule has 5 rings (SSSR count). The number of likely N-dealkylation sites (N-methyl/N-ethyl adjacent to an activating group) is 1. The van der Waals surface area contributed by atoms with Crippen molar-refractivity contribution in [3.63, 3.8) is 0 Å². The lowest BCUT2D eigenvalue weighted by molar-refractivity contribution is 0.0706. The predicted octanol–water partition coefficient (Wildman–Crippen LogP) is 6.03. The van der Waals surface area contributed by atoms with E-state index in [4.69, 9.17) is 14.7 Å². The van der Waals surface area contributed by atoms with Crippen molar-refractivity contribution in [2.45, 2.75) is 20.8 Å². The van der Waals surface area contributed by atoms with Gasteiger partial charge in [-0.3, -0.25) is 15.2 Å².